The zero-order valence-corrected chi connectivity index (χ0v) is 15.7. The van der Waals surface area contributed by atoms with Gasteiger partial charge >= 0.3 is 5.69 Å². The third-order valence-electron chi connectivity index (χ3n) is 3.84. The Hall–Kier alpha value is -2.64. The van der Waals surface area contributed by atoms with Gasteiger partial charge in [-0.2, -0.15) is 0 Å². The van der Waals surface area contributed by atoms with Crippen LogP contribution in [0.15, 0.2) is 42.5 Å². The molecule has 2 rings (SSSR count). The summed E-state index contributed by atoms with van der Waals surface area (Å²) in [6.07, 6.45) is 0. The van der Waals surface area contributed by atoms with Crippen LogP contribution in [-0.2, 0) is 0 Å². The standard InChI is InChI=1S/C18H21ClN4O3/c1-21(2)11-12-22(3)16-6-4-5-15(17(16)23(25)26)18(24)20-14-9-7-13(19)8-10-14/h4-10H,11-12H2,1-3H3,(H,20,24). The molecule has 1 N–H and O–H groups in total. The topological polar surface area (TPSA) is 78.7 Å². The number of amides is 1. The first-order valence-electron chi connectivity index (χ1n) is 7.99. The maximum absolute atomic E-state index is 12.6. The van der Waals surface area contributed by atoms with Crippen molar-refractivity contribution in [3.63, 3.8) is 0 Å². The molecule has 2 aromatic carbocycles. The van der Waals surface area contributed by atoms with Gasteiger partial charge in [0.2, 0.25) is 0 Å². The molecule has 8 heteroatoms. The Labute approximate surface area is 157 Å². The largest absolute Gasteiger partial charge is 0.368 e. The molecule has 0 unspecified atom stereocenters. The van der Waals surface area contributed by atoms with Gasteiger partial charge in [-0.05, 0) is 50.5 Å². The van der Waals surface area contributed by atoms with E-state index in [-0.39, 0.29) is 11.3 Å². The van der Waals surface area contributed by atoms with E-state index in [1.54, 1.807) is 48.3 Å². The summed E-state index contributed by atoms with van der Waals surface area (Å²) in [5, 5.41) is 14.9. The van der Waals surface area contributed by atoms with Crippen LogP contribution < -0.4 is 10.2 Å². The Morgan fingerprint density at radius 3 is 2.35 bits per heavy atom. The Kier molecular flexibility index (Phi) is 6.54. The Bertz CT molecular complexity index is 794. The summed E-state index contributed by atoms with van der Waals surface area (Å²) >= 11 is 5.83. The molecule has 0 bridgehead atoms. The van der Waals surface area contributed by atoms with E-state index in [1.165, 1.54) is 6.07 Å². The van der Waals surface area contributed by atoms with Gasteiger partial charge in [0.05, 0.1) is 4.92 Å². The highest BCUT2D eigenvalue weighted by Crippen LogP contribution is 2.31. The number of nitrogens with zero attached hydrogens (tertiary/aromatic N) is 3. The van der Waals surface area contributed by atoms with Gasteiger partial charge in [0, 0.05) is 30.8 Å². The van der Waals surface area contributed by atoms with Crippen LogP contribution in [0.5, 0.6) is 0 Å². The van der Waals surface area contributed by atoms with E-state index < -0.39 is 10.8 Å². The van der Waals surface area contributed by atoms with Gasteiger partial charge in [-0.3, -0.25) is 14.9 Å². The van der Waals surface area contributed by atoms with Crippen molar-refractivity contribution in [2.24, 2.45) is 0 Å². The normalized spacial score (nSPS) is 10.7. The van der Waals surface area contributed by atoms with Crippen LogP contribution in [0.2, 0.25) is 5.02 Å². The lowest BCUT2D eigenvalue weighted by Gasteiger charge is -2.22. The highest BCUT2D eigenvalue weighted by Gasteiger charge is 2.26. The number of hydrogen-bond donors (Lipinski definition) is 1. The number of nitro groups is 1. The van der Waals surface area contributed by atoms with Gasteiger partial charge in [-0.15, -0.1) is 0 Å². The van der Waals surface area contributed by atoms with Crippen LogP contribution in [0, 0.1) is 10.1 Å². The molecule has 0 heterocycles. The summed E-state index contributed by atoms with van der Waals surface area (Å²) < 4.78 is 0. The number of para-hydroxylation sites is 1. The van der Waals surface area contributed by atoms with E-state index in [9.17, 15) is 14.9 Å². The molecule has 7 nitrogen and oxygen atoms in total. The number of nitro benzene ring substituents is 1. The second-order valence-electron chi connectivity index (χ2n) is 6.12. The van der Waals surface area contributed by atoms with Crippen LogP contribution in [0.3, 0.4) is 0 Å². The van der Waals surface area contributed by atoms with Crippen molar-refractivity contribution < 1.29 is 9.72 Å². The Balaban J connectivity index is 2.32. The van der Waals surface area contributed by atoms with Gasteiger partial charge in [0.15, 0.2) is 0 Å². The van der Waals surface area contributed by atoms with Crippen LogP contribution in [0.25, 0.3) is 0 Å². The average molecular weight is 377 g/mol. The summed E-state index contributed by atoms with van der Waals surface area (Å²) in [6.45, 7) is 1.32. The summed E-state index contributed by atoms with van der Waals surface area (Å²) in [5.74, 6) is -0.540. The maximum atomic E-state index is 12.6. The smallest absolute Gasteiger partial charge is 0.305 e. The van der Waals surface area contributed by atoms with Crippen molar-refractivity contribution in [3.8, 4) is 0 Å². The molecule has 0 saturated heterocycles. The van der Waals surface area contributed by atoms with Gasteiger partial charge in [0.25, 0.3) is 5.91 Å². The molecule has 26 heavy (non-hydrogen) atoms. The highest BCUT2D eigenvalue weighted by atomic mass is 35.5. The Morgan fingerprint density at radius 2 is 1.77 bits per heavy atom. The van der Waals surface area contributed by atoms with Crippen LogP contribution in [0.1, 0.15) is 10.4 Å². The molecular weight excluding hydrogens is 356 g/mol. The number of rotatable bonds is 7. The third kappa shape index (κ3) is 4.93. The number of carbonyl (C=O) groups excluding carboxylic acids is 1. The fourth-order valence-corrected chi connectivity index (χ4v) is 2.54. The highest BCUT2D eigenvalue weighted by molar-refractivity contribution is 6.30. The zero-order valence-electron chi connectivity index (χ0n) is 14.9. The lowest BCUT2D eigenvalue weighted by atomic mass is 10.1. The molecule has 0 spiro atoms. The number of likely N-dealkylation sites (N-methyl/N-ethyl adjacent to an activating group) is 2. The minimum absolute atomic E-state index is 0.0131. The van der Waals surface area contributed by atoms with Crippen molar-refractivity contribution in [1.82, 2.24) is 4.90 Å². The molecule has 0 aromatic heterocycles. The number of halogens is 1. The van der Waals surface area contributed by atoms with Crippen molar-refractivity contribution in [2.75, 3.05) is 44.4 Å². The monoisotopic (exact) mass is 376 g/mol. The maximum Gasteiger partial charge on any atom is 0.305 e. The first kappa shape index (κ1) is 19.7. The lowest BCUT2D eigenvalue weighted by Crippen LogP contribution is -2.29. The number of hydrogen-bond acceptors (Lipinski definition) is 5. The molecule has 1 amide bonds. The fraction of sp³-hybridized carbons (Fsp3) is 0.278. The van der Waals surface area contributed by atoms with E-state index in [0.717, 1.165) is 6.54 Å². The summed E-state index contributed by atoms with van der Waals surface area (Å²) in [7, 11) is 5.63. The van der Waals surface area contributed by atoms with Crippen LogP contribution >= 0.6 is 11.6 Å². The average Bonchev–Trinajstić information content (AvgIpc) is 2.60. The van der Waals surface area contributed by atoms with E-state index in [4.69, 9.17) is 11.6 Å². The Morgan fingerprint density at radius 1 is 1.12 bits per heavy atom. The third-order valence-corrected chi connectivity index (χ3v) is 4.09. The van der Waals surface area contributed by atoms with Gasteiger partial charge < -0.3 is 15.1 Å². The van der Waals surface area contributed by atoms with Gasteiger partial charge in [-0.1, -0.05) is 17.7 Å². The SMILES string of the molecule is CN(C)CCN(C)c1cccc(C(=O)Nc2ccc(Cl)cc2)c1[N+](=O)[O-]. The number of anilines is 2. The predicted molar refractivity (Wildman–Crippen MR) is 104 cm³/mol. The lowest BCUT2D eigenvalue weighted by molar-refractivity contribution is -0.384. The quantitative estimate of drug-likeness (QED) is 0.591. The molecule has 2 aromatic rings. The molecule has 0 aliphatic heterocycles. The van der Waals surface area contributed by atoms with E-state index in [0.29, 0.717) is 22.9 Å². The molecule has 0 fully saturated rings. The number of benzene rings is 2. The molecule has 0 radical (unpaired) electrons. The van der Waals surface area contributed by atoms with Crippen molar-refractivity contribution in [1.29, 1.82) is 0 Å². The molecule has 138 valence electrons. The van der Waals surface area contributed by atoms with Crippen molar-refractivity contribution in [2.45, 2.75) is 0 Å². The van der Waals surface area contributed by atoms with E-state index >= 15 is 0 Å². The second-order valence-corrected chi connectivity index (χ2v) is 6.55. The van der Waals surface area contributed by atoms with Crippen molar-refractivity contribution >= 4 is 34.6 Å². The minimum atomic E-state index is -0.540. The number of nitrogens with one attached hydrogen (secondary N) is 1. The van der Waals surface area contributed by atoms with Gasteiger partial charge in [-0.25, -0.2) is 0 Å². The summed E-state index contributed by atoms with van der Waals surface area (Å²) in [4.78, 5) is 27.5. The van der Waals surface area contributed by atoms with Crippen LogP contribution in [-0.4, -0.2) is 50.0 Å². The van der Waals surface area contributed by atoms with Crippen molar-refractivity contribution in [3.05, 3.63) is 63.2 Å². The summed E-state index contributed by atoms with van der Waals surface area (Å²) in [5.41, 5.74) is 0.722. The number of carbonyl (C=O) groups is 1. The van der Waals surface area contributed by atoms with Crippen LogP contribution in [0.4, 0.5) is 17.1 Å². The molecule has 0 aliphatic carbocycles. The first-order valence-corrected chi connectivity index (χ1v) is 8.37. The van der Waals surface area contributed by atoms with E-state index in [2.05, 4.69) is 5.32 Å². The molecule has 0 aliphatic rings. The zero-order chi connectivity index (χ0) is 19.3. The summed E-state index contributed by atoms with van der Waals surface area (Å²) in [6, 6.07) is 11.3. The fourth-order valence-electron chi connectivity index (χ4n) is 2.42. The second kappa shape index (κ2) is 8.64. The molecule has 0 atom stereocenters. The minimum Gasteiger partial charge on any atom is -0.368 e. The van der Waals surface area contributed by atoms with Gasteiger partial charge in [0.1, 0.15) is 11.3 Å². The molecule has 0 saturated carbocycles. The van der Waals surface area contributed by atoms with E-state index in [1.807, 2.05) is 19.0 Å². The predicted octanol–water partition coefficient (Wildman–Crippen LogP) is 3.50. The first-order chi connectivity index (χ1) is 12.3. The molecular formula is C18H21ClN4O3.